The fourth-order valence-electron chi connectivity index (χ4n) is 5.06. The van der Waals surface area contributed by atoms with Gasteiger partial charge in [-0.3, -0.25) is 14.3 Å². The van der Waals surface area contributed by atoms with Gasteiger partial charge < -0.3 is 19.5 Å². The molecule has 2 aliphatic carbocycles. The van der Waals surface area contributed by atoms with Crippen LogP contribution >= 0.6 is 0 Å². The Kier molecular flexibility index (Phi) is 6.93. The van der Waals surface area contributed by atoms with E-state index in [2.05, 4.69) is 15.5 Å². The summed E-state index contributed by atoms with van der Waals surface area (Å²) in [4.78, 5) is 26.3. The van der Waals surface area contributed by atoms with Crippen LogP contribution in [0, 0.1) is 5.92 Å². The number of ether oxygens (including phenoxy) is 3. The summed E-state index contributed by atoms with van der Waals surface area (Å²) in [5.41, 5.74) is -0.327. The summed E-state index contributed by atoms with van der Waals surface area (Å²) < 4.78 is 20.3. The molecule has 0 radical (unpaired) electrons. The molecule has 2 saturated carbocycles. The lowest BCUT2D eigenvalue weighted by Crippen LogP contribution is -2.36. The third-order valence-electron chi connectivity index (χ3n) is 7.14. The highest BCUT2D eigenvalue weighted by atomic mass is 16.7. The molecule has 1 aliphatic heterocycles. The van der Waals surface area contributed by atoms with Crippen molar-refractivity contribution in [3.8, 4) is 5.75 Å². The zero-order valence-corrected chi connectivity index (χ0v) is 20.5. The molecule has 5 rings (SSSR count). The molecule has 2 aromatic heterocycles. The van der Waals surface area contributed by atoms with Gasteiger partial charge >= 0.3 is 0 Å². The topological polar surface area (TPSA) is 110 Å². The second-order valence-corrected chi connectivity index (χ2v) is 10.4. The summed E-state index contributed by atoms with van der Waals surface area (Å²) in [6, 6.07) is 2.48. The Bertz CT molecular complexity index is 1090. The van der Waals surface area contributed by atoms with E-state index < -0.39 is 11.8 Å². The highest BCUT2D eigenvalue weighted by Crippen LogP contribution is 2.32. The Hall–Kier alpha value is -2.72. The van der Waals surface area contributed by atoms with Crippen molar-refractivity contribution in [2.45, 2.75) is 95.8 Å². The lowest BCUT2D eigenvalue weighted by molar-refractivity contribution is -0.139. The van der Waals surface area contributed by atoms with Crippen LogP contribution in [0.3, 0.4) is 0 Å². The molecule has 0 aromatic carbocycles. The molecule has 2 atom stereocenters. The van der Waals surface area contributed by atoms with Crippen molar-refractivity contribution in [2.75, 3.05) is 11.9 Å². The van der Waals surface area contributed by atoms with Crippen LogP contribution in [0.15, 0.2) is 29.3 Å². The number of rotatable bonds is 9. The lowest BCUT2D eigenvalue weighted by atomic mass is 9.96. The maximum Gasteiger partial charge on any atom is 0.271 e. The van der Waals surface area contributed by atoms with Crippen molar-refractivity contribution in [1.82, 2.24) is 19.6 Å². The van der Waals surface area contributed by atoms with Crippen LogP contribution in [0.4, 0.5) is 5.82 Å². The van der Waals surface area contributed by atoms with Gasteiger partial charge in [-0.15, -0.1) is 0 Å². The number of anilines is 1. The van der Waals surface area contributed by atoms with Crippen LogP contribution < -0.4 is 15.6 Å². The van der Waals surface area contributed by atoms with E-state index in [4.69, 9.17) is 14.2 Å². The van der Waals surface area contributed by atoms with E-state index in [0.29, 0.717) is 37.1 Å². The van der Waals surface area contributed by atoms with Crippen molar-refractivity contribution in [3.05, 3.63) is 34.9 Å². The molecule has 1 N–H and O–H groups in total. The Morgan fingerprint density at radius 2 is 2.06 bits per heavy atom. The van der Waals surface area contributed by atoms with Gasteiger partial charge in [-0.05, 0) is 45.4 Å². The standard InChI is InChI=1S/C25H35N5O5/c1-25(2)33-16-20(35-25)15-29-11-10-22(28-29)27-24(32)21(12-17-6-3-4-7-17)30-23(31)13-19(14-26-30)34-18-8-5-9-18/h10-11,13-14,17-18,20-21H,3-9,12,15-16H2,1-2H3,(H,27,28,32). The smallest absolute Gasteiger partial charge is 0.271 e. The summed E-state index contributed by atoms with van der Waals surface area (Å²) in [6.07, 6.45) is 11.6. The Morgan fingerprint density at radius 3 is 2.71 bits per heavy atom. The van der Waals surface area contributed by atoms with Crippen molar-refractivity contribution in [2.24, 2.45) is 5.92 Å². The molecule has 2 unspecified atom stereocenters. The summed E-state index contributed by atoms with van der Waals surface area (Å²) in [5, 5.41) is 11.7. The van der Waals surface area contributed by atoms with Crippen LogP contribution in [0.1, 0.15) is 71.3 Å². The molecule has 10 heteroatoms. The van der Waals surface area contributed by atoms with Crippen molar-refractivity contribution in [3.63, 3.8) is 0 Å². The number of amides is 1. The van der Waals surface area contributed by atoms with Crippen LogP contribution in [0.25, 0.3) is 0 Å². The molecule has 10 nitrogen and oxygen atoms in total. The van der Waals surface area contributed by atoms with Crippen molar-refractivity contribution in [1.29, 1.82) is 0 Å². The molecule has 35 heavy (non-hydrogen) atoms. The molecule has 2 aromatic rings. The highest BCUT2D eigenvalue weighted by molar-refractivity contribution is 5.92. The zero-order chi connectivity index (χ0) is 24.4. The van der Waals surface area contributed by atoms with Crippen molar-refractivity contribution < 1.29 is 19.0 Å². The Labute approximate surface area is 204 Å². The van der Waals surface area contributed by atoms with Gasteiger partial charge in [0.1, 0.15) is 17.9 Å². The van der Waals surface area contributed by atoms with E-state index in [1.165, 1.54) is 10.7 Å². The third kappa shape index (κ3) is 5.92. The van der Waals surface area contributed by atoms with Crippen LogP contribution in [-0.4, -0.2) is 50.1 Å². The van der Waals surface area contributed by atoms with Crippen molar-refractivity contribution >= 4 is 11.7 Å². The van der Waals surface area contributed by atoms with Gasteiger partial charge in [0.15, 0.2) is 11.6 Å². The molecular weight excluding hydrogens is 450 g/mol. The summed E-state index contributed by atoms with van der Waals surface area (Å²) in [6.45, 7) is 4.78. The molecule has 1 amide bonds. The lowest BCUT2D eigenvalue weighted by Gasteiger charge is -2.26. The number of aromatic nitrogens is 4. The molecule has 0 bridgehead atoms. The molecule has 0 spiro atoms. The first kappa shape index (κ1) is 24.0. The van der Waals surface area contributed by atoms with Gasteiger partial charge in [0, 0.05) is 18.3 Å². The van der Waals surface area contributed by atoms with Gasteiger partial charge in [0.25, 0.3) is 11.5 Å². The first-order chi connectivity index (χ1) is 16.8. The summed E-state index contributed by atoms with van der Waals surface area (Å²) in [5.74, 6) is 0.413. The molecule has 190 valence electrons. The third-order valence-corrected chi connectivity index (χ3v) is 7.14. The van der Waals surface area contributed by atoms with Gasteiger partial charge in [0.2, 0.25) is 0 Å². The Morgan fingerprint density at radius 1 is 1.26 bits per heavy atom. The molecule has 3 fully saturated rings. The number of hydrogen-bond donors (Lipinski definition) is 1. The molecule has 3 aliphatic rings. The van der Waals surface area contributed by atoms with Gasteiger partial charge in [-0.1, -0.05) is 25.7 Å². The second-order valence-electron chi connectivity index (χ2n) is 10.4. The predicted molar refractivity (Wildman–Crippen MR) is 128 cm³/mol. The van der Waals surface area contributed by atoms with Crippen LogP contribution in [0.5, 0.6) is 5.75 Å². The minimum absolute atomic E-state index is 0.105. The van der Waals surface area contributed by atoms with E-state index in [1.54, 1.807) is 23.1 Å². The van der Waals surface area contributed by atoms with E-state index in [9.17, 15) is 9.59 Å². The molecule has 1 saturated heterocycles. The quantitative estimate of drug-likeness (QED) is 0.580. The number of nitrogens with zero attached hydrogens (tertiary/aromatic N) is 4. The minimum Gasteiger partial charge on any atom is -0.489 e. The SMILES string of the molecule is CC1(C)OCC(Cn2ccc(NC(=O)C(CC3CCCC3)n3ncc(OC4CCC4)cc3=O)n2)O1. The number of nitrogens with one attached hydrogen (secondary N) is 1. The normalized spacial score (nSPS) is 23.2. The summed E-state index contributed by atoms with van der Waals surface area (Å²) >= 11 is 0. The maximum absolute atomic E-state index is 13.4. The predicted octanol–water partition coefficient (Wildman–Crippen LogP) is 3.28. The van der Waals surface area contributed by atoms with E-state index in [0.717, 1.165) is 44.9 Å². The number of carbonyl (C=O) groups is 1. The highest BCUT2D eigenvalue weighted by Gasteiger charge is 2.33. The number of hydrogen-bond acceptors (Lipinski definition) is 7. The fraction of sp³-hybridized carbons (Fsp3) is 0.680. The average Bonchev–Trinajstić information content (AvgIpc) is 3.52. The molecule has 3 heterocycles. The Balaban J connectivity index is 1.28. The average molecular weight is 486 g/mol. The fourth-order valence-corrected chi connectivity index (χ4v) is 5.06. The van der Waals surface area contributed by atoms with Gasteiger partial charge in [-0.2, -0.15) is 10.2 Å². The molecular formula is C25H35N5O5. The van der Waals surface area contributed by atoms with Gasteiger partial charge in [0.05, 0.1) is 25.5 Å². The van der Waals surface area contributed by atoms with E-state index in [1.807, 2.05) is 13.8 Å². The minimum atomic E-state index is -0.708. The van der Waals surface area contributed by atoms with E-state index in [-0.39, 0.29) is 23.7 Å². The largest absolute Gasteiger partial charge is 0.489 e. The monoisotopic (exact) mass is 485 g/mol. The van der Waals surface area contributed by atoms with Crippen LogP contribution in [-0.2, 0) is 20.8 Å². The first-order valence-corrected chi connectivity index (χ1v) is 12.8. The summed E-state index contributed by atoms with van der Waals surface area (Å²) in [7, 11) is 0. The van der Waals surface area contributed by atoms with Gasteiger partial charge in [-0.25, -0.2) is 4.68 Å². The van der Waals surface area contributed by atoms with Crippen LogP contribution in [0.2, 0.25) is 0 Å². The first-order valence-electron chi connectivity index (χ1n) is 12.8. The van der Waals surface area contributed by atoms with E-state index >= 15 is 0 Å². The number of carbonyl (C=O) groups excluding carboxylic acids is 1. The second kappa shape index (κ2) is 10.1. The zero-order valence-electron chi connectivity index (χ0n) is 20.5. The maximum atomic E-state index is 13.4.